The Balaban J connectivity index is 1.74. The predicted molar refractivity (Wildman–Crippen MR) is 93.2 cm³/mol. The van der Waals surface area contributed by atoms with Crippen molar-refractivity contribution < 1.29 is 4.74 Å². The second-order valence-electron chi connectivity index (χ2n) is 5.20. The molecular formula is C15H15Br2ClN2O. The molecule has 3 nitrogen and oxygen atoms in total. The molecule has 21 heavy (non-hydrogen) atoms. The molecule has 1 aliphatic carbocycles. The van der Waals surface area contributed by atoms with Crippen molar-refractivity contribution in [3.8, 4) is 5.75 Å². The molecule has 0 aliphatic heterocycles. The van der Waals surface area contributed by atoms with Crippen molar-refractivity contribution in [3.05, 3.63) is 32.3 Å². The van der Waals surface area contributed by atoms with Gasteiger partial charge in [-0.05, 0) is 59.4 Å². The Morgan fingerprint density at radius 2 is 2.10 bits per heavy atom. The maximum Gasteiger partial charge on any atom is 0.159 e. The van der Waals surface area contributed by atoms with E-state index in [0.29, 0.717) is 11.8 Å². The van der Waals surface area contributed by atoms with E-state index in [2.05, 4.69) is 42.2 Å². The smallest absolute Gasteiger partial charge is 0.159 e. The van der Waals surface area contributed by atoms with Gasteiger partial charge < -0.3 is 10.1 Å². The van der Waals surface area contributed by atoms with Crippen molar-refractivity contribution in [1.82, 2.24) is 10.3 Å². The van der Waals surface area contributed by atoms with Gasteiger partial charge in [0.25, 0.3) is 0 Å². The van der Waals surface area contributed by atoms with Crippen LogP contribution in [-0.4, -0.2) is 24.7 Å². The molecule has 3 rings (SSSR count). The van der Waals surface area contributed by atoms with E-state index in [1.54, 1.807) is 6.07 Å². The molecule has 1 heterocycles. The van der Waals surface area contributed by atoms with Gasteiger partial charge >= 0.3 is 0 Å². The van der Waals surface area contributed by atoms with Crippen LogP contribution < -0.4 is 10.1 Å². The molecule has 0 saturated heterocycles. The van der Waals surface area contributed by atoms with E-state index < -0.39 is 0 Å². The van der Waals surface area contributed by atoms with E-state index in [-0.39, 0.29) is 0 Å². The van der Waals surface area contributed by atoms with Crippen LogP contribution in [0.5, 0.6) is 5.75 Å². The molecule has 112 valence electrons. The van der Waals surface area contributed by atoms with E-state index in [9.17, 15) is 0 Å². The summed E-state index contributed by atoms with van der Waals surface area (Å²) in [6.07, 6.45) is 2.72. The summed E-state index contributed by atoms with van der Waals surface area (Å²) in [6.45, 7) is 2.53. The minimum atomic E-state index is 0.462. The molecule has 1 aromatic carbocycles. The number of nitrogens with one attached hydrogen (secondary N) is 1. The van der Waals surface area contributed by atoms with E-state index >= 15 is 0 Å². The number of nitrogens with zero attached hydrogens (tertiary/aromatic N) is 1. The minimum Gasteiger partial charge on any atom is -0.489 e. The van der Waals surface area contributed by atoms with Crippen LogP contribution in [0.4, 0.5) is 0 Å². The average molecular weight is 435 g/mol. The number of ether oxygens (including phenoxy) is 1. The summed E-state index contributed by atoms with van der Waals surface area (Å²) in [4.78, 5) is 4.39. The summed E-state index contributed by atoms with van der Waals surface area (Å²) in [6, 6.07) is 5.70. The number of pyridine rings is 1. The lowest BCUT2D eigenvalue weighted by Crippen LogP contribution is -2.23. The molecule has 1 N–H and O–H groups in total. The maximum absolute atomic E-state index is 6.01. The van der Waals surface area contributed by atoms with Gasteiger partial charge in [-0.2, -0.15) is 0 Å². The Bertz CT molecular complexity index is 662. The highest BCUT2D eigenvalue weighted by molar-refractivity contribution is 9.11. The van der Waals surface area contributed by atoms with E-state index in [1.165, 1.54) is 12.8 Å². The third-order valence-electron chi connectivity index (χ3n) is 3.46. The van der Waals surface area contributed by atoms with Crippen molar-refractivity contribution in [2.45, 2.75) is 12.8 Å². The minimum absolute atomic E-state index is 0.462. The van der Waals surface area contributed by atoms with Crippen LogP contribution in [0.15, 0.2) is 27.1 Å². The number of hydrogen-bond acceptors (Lipinski definition) is 3. The summed E-state index contributed by atoms with van der Waals surface area (Å²) in [7, 11) is 0. The van der Waals surface area contributed by atoms with Crippen molar-refractivity contribution in [1.29, 1.82) is 0 Å². The number of halogens is 3. The zero-order valence-corrected chi connectivity index (χ0v) is 15.3. The molecular weight excluding hydrogens is 419 g/mol. The Kier molecular flexibility index (Phi) is 5.04. The topological polar surface area (TPSA) is 34.1 Å². The Morgan fingerprint density at radius 1 is 1.29 bits per heavy atom. The van der Waals surface area contributed by atoms with E-state index in [4.69, 9.17) is 16.3 Å². The molecule has 6 heteroatoms. The first-order chi connectivity index (χ1) is 10.1. The van der Waals surface area contributed by atoms with Gasteiger partial charge in [0.1, 0.15) is 17.3 Å². The fraction of sp³-hybridized carbons (Fsp3) is 0.400. The van der Waals surface area contributed by atoms with Crippen LogP contribution >= 0.6 is 43.5 Å². The first-order valence-corrected chi connectivity index (χ1v) is 8.89. The van der Waals surface area contributed by atoms with Crippen molar-refractivity contribution in [3.63, 3.8) is 0 Å². The highest BCUT2D eigenvalue weighted by Crippen LogP contribution is 2.38. The zero-order valence-electron chi connectivity index (χ0n) is 11.3. The highest BCUT2D eigenvalue weighted by Gasteiger charge is 2.20. The average Bonchev–Trinajstić information content (AvgIpc) is 3.25. The van der Waals surface area contributed by atoms with E-state index in [1.807, 2.05) is 12.1 Å². The maximum atomic E-state index is 6.01. The lowest BCUT2D eigenvalue weighted by atomic mass is 10.2. The first-order valence-electron chi connectivity index (χ1n) is 6.93. The standard InChI is InChI=1S/C15H15Br2ClN2O/c16-11-7-12(17)15(14-10(11)3-4-13(18)20-14)21-6-5-19-8-9-1-2-9/h3-4,7,9,19H,1-2,5-6,8H2. The largest absolute Gasteiger partial charge is 0.489 e. The van der Waals surface area contributed by atoms with Crippen LogP contribution in [0, 0.1) is 5.92 Å². The summed E-state index contributed by atoms with van der Waals surface area (Å²) < 4.78 is 7.75. The van der Waals surface area contributed by atoms with Crippen LogP contribution in [0.2, 0.25) is 5.15 Å². The summed E-state index contributed by atoms with van der Waals surface area (Å²) in [5.74, 6) is 1.62. The molecule has 0 spiro atoms. The van der Waals surface area contributed by atoms with Gasteiger partial charge in [0, 0.05) is 16.4 Å². The molecule has 1 aliphatic rings. The number of fused-ring (bicyclic) bond motifs is 1. The normalized spacial score (nSPS) is 14.6. The second kappa shape index (κ2) is 6.82. The summed E-state index contributed by atoms with van der Waals surface area (Å²) in [5, 5.41) is 4.86. The zero-order chi connectivity index (χ0) is 14.8. The predicted octanol–water partition coefficient (Wildman–Crippen LogP) is 4.79. The Morgan fingerprint density at radius 3 is 2.86 bits per heavy atom. The lowest BCUT2D eigenvalue weighted by Gasteiger charge is -2.12. The van der Waals surface area contributed by atoms with Crippen LogP contribution in [0.1, 0.15) is 12.8 Å². The van der Waals surface area contributed by atoms with Crippen LogP contribution in [0.25, 0.3) is 10.9 Å². The van der Waals surface area contributed by atoms with Crippen molar-refractivity contribution in [2.24, 2.45) is 5.92 Å². The third kappa shape index (κ3) is 3.89. The molecule has 1 saturated carbocycles. The quantitative estimate of drug-likeness (QED) is 0.524. The fourth-order valence-electron chi connectivity index (χ4n) is 2.16. The van der Waals surface area contributed by atoms with Gasteiger partial charge in [-0.15, -0.1) is 0 Å². The third-order valence-corrected chi connectivity index (χ3v) is 4.91. The van der Waals surface area contributed by atoms with Crippen molar-refractivity contribution >= 4 is 54.4 Å². The van der Waals surface area contributed by atoms with Gasteiger partial charge in [-0.25, -0.2) is 4.98 Å². The molecule has 0 bridgehead atoms. The molecule has 0 radical (unpaired) electrons. The number of benzene rings is 1. The highest BCUT2D eigenvalue weighted by atomic mass is 79.9. The summed E-state index contributed by atoms with van der Waals surface area (Å²) in [5.41, 5.74) is 0.769. The number of aromatic nitrogens is 1. The molecule has 1 fully saturated rings. The monoisotopic (exact) mass is 432 g/mol. The SMILES string of the molecule is Clc1ccc2c(Br)cc(Br)c(OCCNCC3CC3)c2n1. The van der Waals surface area contributed by atoms with Gasteiger partial charge in [0.15, 0.2) is 5.75 Å². The van der Waals surface area contributed by atoms with Crippen LogP contribution in [0.3, 0.4) is 0 Å². The molecule has 1 aromatic heterocycles. The first kappa shape index (κ1) is 15.5. The molecule has 0 amide bonds. The van der Waals surface area contributed by atoms with E-state index in [0.717, 1.165) is 44.6 Å². The summed E-state index contributed by atoms with van der Waals surface area (Å²) >= 11 is 13.1. The van der Waals surface area contributed by atoms with Gasteiger partial charge in [0.2, 0.25) is 0 Å². The van der Waals surface area contributed by atoms with Crippen LogP contribution in [-0.2, 0) is 0 Å². The fourth-order valence-corrected chi connectivity index (χ4v) is 3.69. The molecule has 0 unspecified atom stereocenters. The Labute approximate surface area is 145 Å². The molecule has 2 aromatic rings. The number of hydrogen-bond donors (Lipinski definition) is 1. The van der Waals surface area contributed by atoms with Gasteiger partial charge in [-0.3, -0.25) is 0 Å². The molecule has 0 atom stereocenters. The van der Waals surface area contributed by atoms with Gasteiger partial charge in [-0.1, -0.05) is 27.5 Å². The van der Waals surface area contributed by atoms with Crippen molar-refractivity contribution in [2.75, 3.05) is 19.7 Å². The van der Waals surface area contributed by atoms with Gasteiger partial charge in [0.05, 0.1) is 4.47 Å². The lowest BCUT2D eigenvalue weighted by molar-refractivity contribution is 0.314. The Hall–Kier alpha value is -0.360. The number of rotatable bonds is 6. The second-order valence-corrected chi connectivity index (χ2v) is 7.29.